The number of hydrogen-bond donors (Lipinski definition) is 2. The van der Waals surface area contributed by atoms with Gasteiger partial charge in [0.25, 0.3) is 0 Å². The van der Waals surface area contributed by atoms with E-state index in [1.807, 2.05) is 32.0 Å². The van der Waals surface area contributed by atoms with Crippen LogP contribution in [-0.4, -0.2) is 63.5 Å². The van der Waals surface area contributed by atoms with Crippen molar-refractivity contribution in [2.24, 2.45) is 4.99 Å². The number of urea groups is 1. The van der Waals surface area contributed by atoms with Crippen molar-refractivity contribution in [1.29, 1.82) is 5.26 Å². The number of nitriles is 1. The fourth-order valence-corrected chi connectivity index (χ4v) is 4.82. The molecule has 0 saturated carbocycles. The molecule has 11 heteroatoms. The lowest BCUT2D eigenvalue weighted by Gasteiger charge is -2.35. The lowest BCUT2D eigenvalue weighted by molar-refractivity contribution is -0.123. The maximum atomic E-state index is 14.2. The molecule has 2 aliphatic rings. The third-order valence-corrected chi connectivity index (χ3v) is 6.60. The number of carbonyl (C=O) groups is 2. The van der Waals surface area contributed by atoms with Crippen molar-refractivity contribution in [1.82, 2.24) is 25.3 Å². The maximum Gasteiger partial charge on any atom is 0.326 e. The van der Waals surface area contributed by atoms with Crippen molar-refractivity contribution < 1.29 is 14.3 Å². The van der Waals surface area contributed by atoms with E-state index in [-0.39, 0.29) is 24.6 Å². The highest BCUT2D eigenvalue weighted by Crippen LogP contribution is 2.44. The highest BCUT2D eigenvalue weighted by molar-refractivity contribution is 6.30. The molecule has 1 aromatic heterocycles. The molecule has 2 atom stereocenters. The Balaban J connectivity index is 1.69. The van der Waals surface area contributed by atoms with Gasteiger partial charge >= 0.3 is 6.03 Å². The van der Waals surface area contributed by atoms with Gasteiger partial charge in [0.05, 0.1) is 35.0 Å². The molecule has 3 amide bonds. The van der Waals surface area contributed by atoms with E-state index in [1.54, 1.807) is 41.4 Å². The predicted molar refractivity (Wildman–Crippen MR) is 141 cm³/mol. The summed E-state index contributed by atoms with van der Waals surface area (Å²) in [5.41, 5.74) is 2.51. The Hall–Kier alpha value is -4.36. The second-order valence-corrected chi connectivity index (χ2v) is 9.76. The normalized spacial score (nSPS) is 19.2. The second-order valence-electron chi connectivity index (χ2n) is 9.32. The summed E-state index contributed by atoms with van der Waals surface area (Å²) in [7, 11) is 0. The van der Waals surface area contributed by atoms with Crippen LogP contribution < -0.4 is 10.1 Å². The van der Waals surface area contributed by atoms with Crippen LogP contribution in [0.4, 0.5) is 4.79 Å². The van der Waals surface area contributed by atoms with Crippen LogP contribution in [0.1, 0.15) is 48.3 Å². The van der Waals surface area contributed by atoms with Crippen LogP contribution in [0.5, 0.6) is 5.75 Å². The second kappa shape index (κ2) is 10.6. The van der Waals surface area contributed by atoms with E-state index in [0.29, 0.717) is 46.5 Å². The number of aromatic nitrogens is 2. The summed E-state index contributed by atoms with van der Waals surface area (Å²) in [6, 6.07) is 14.8. The highest BCUT2D eigenvalue weighted by atomic mass is 35.5. The van der Waals surface area contributed by atoms with Crippen LogP contribution in [0.3, 0.4) is 0 Å². The zero-order chi connectivity index (χ0) is 26.8. The van der Waals surface area contributed by atoms with Crippen molar-refractivity contribution in [3.8, 4) is 11.8 Å². The Morgan fingerprint density at radius 1 is 1.21 bits per heavy atom. The number of aliphatic imine (C=N–C) groups is 1. The van der Waals surface area contributed by atoms with Gasteiger partial charge in [0.15, 0.2) is 0 Å². The van der Waals surface area contributed by atoms with Gasteiger partial charge in [0, 0.05) is 24.3 Å². The number of halogens is 1. The SMILES string of the molecule is CC(C)Oc1cc(C#N)ccc1C1=NC(c2ccn[nH]2)C(c2ccc(Cl)cc2)N1C(=O)N1CCNC(=O)C1. The monoisotopic (exact) mass is 531 g/mol. The Bertz CT molecular complexity index is 1410. The third-order valence-electron chi connectivity index (χ3n) is 6.35. The van der Waals surface area contributed by atoms with E-state index < -0.39 is 12.1 Å². The zero-order valence-corrected chi connectivity index (χ0v) is 21.6. The molecule has 3 heterocycles. The molecule has 0 spiro atoms. The summed E-state index contributed by atoms with van der Waals surface area (Å²) in [4.78, 5) is 34.6. The van der Waals surface area contributed by atoms with Crippen LogP contribution in [0.15, 0.2) is 59.7 Å². The van der Waals surface area contributed by atoms with Crippen molar-refractivity contribution >= 4 is 29.4 Å². The van der Waals surface area contributed by atoms with E-state index in [0.717, 1.165) is 5.56 Å². The summed E-state index contributed by atoms with van der Waals surface area (Å²) in [5.74, 6) is 0.588. The fourth-order valence-electron chi connectivity index (χ4n) is 4.69. The molecule has 3 aromatic rings. The molecule has 2 aliphatic heterocycles. The van der Waals surface area contributed by atoms with Gasteiger partial charge < -0.3 is 15.0 Å². The molecule has 5 rings (SSSR count). The first-order valence-corrected chi connectivity index (χ1v) is 12.6. The number of rotatable bonds is 5. The van der Waals surface area contributed by atoms with Gasteiger partial charge in [-0.2, -0.15) is 10.4 Å². The van der Waals surface area contributed by atoms with Crippen LogP contribution in [0.25, 0.3) is 0 Å². The number of H-pyrrole nitrogens is 1. The van der Waals surface area contributed by atoms with E-state index in [4.69, 9.17) is 21.3 Å². The molecule has 1 fully saturated rings. The highest BCUT2D eigenvalue weighted by Gasteiger charge is 2.45. The average molecular weight is 532 g/mol. The van der Waals surface area contributed by atoms with E-state index >= 15 is 0 Å². The Kier molecular flexibility index (Phi) is 7.03. The number of benzene rings is 2. The minimum atomic E-state index is -0.567. The van der Waals surface area contributed by atoms with Crippen molar-refractivity contribution in [3.05, 3.63) is 82.1 Å². The largest absolute Gasteiger partial charge is 0.490 e. The van der Waals surface area contributed by atoms with Crippen LogP contribution in [-0.2, 0) is 4.79 Å². The molecular formula is C27H26ClN7O3. The third kappa shape index (κ3) is 4.93. The van der Waals surface area contributed by atoms with Gasteiger partial charge in [0.1, 0.15) is 24.2 Å². The molecular weight excluding hydrogens is 506 g/mol. The number of hydrogen-bond acceptors (Lipinski definition) is 6. The van der Waals surface area contributed by atoms with Crippen LogP contribution >= 0.6 is 11.6 Å². The number of ether oxygens (including phenoxy) is 1. The van der Waals surface area contributed by atoms with Crippen LogP contribution in [0.2, 0.25) is 5.02 Å². The summed E-state index contributed by atoms with van der Waals surface area (Å²) in [5, 5.41) is 19.9. The van der Waals surface area contributed by atoms with Gasteiger partial charge in [-0.3, -0.25) is 19.8 Å². The summed E-state index contributed by atoms with van der Waals surface area (Å²) >= 11 is 6.19. The van der Waals surface area contributed by atoms with Gasteiger partial charge in [0.2, 0.25) is 5.91 Å². The standard InChI is InChI=1S/C27H26ClN7O3/c1-16(2)38-22-13-17(14-29)3-8-20(22)26-32-24(21-9-10-31-33-21)25(18-4-6-19(28)7-5-18)35(26)27(37)34-12-11-30-23(36)15-34/h3-10,13,16,24-25H,11-12,15H2,1-2H3,(H,30,36)(H,31,33). The van der Waals surface area contributed by atoms with Crippen LogP contribution in [0, 0.1) is 11.3 Å². The van der Waals surface area contributed by atoms with Crippen molar-refractivity contribution in [3.63, 3.8) is 0 Å². The molecule has 1 saturated heterocycles. The fraction of sp³-hybridized carbons (Fsp3) is 0.296. The first kappa shape index (κ1) is 25.3. The summed E-state index contributed by atoms with van der Waals surface area (Å²) in [6.45, 7) is 4.43. The Morgan fingerprint density at radius 2 is 2.00 bits per heavy atom. The lowest BCUT2D eigenvalue weighted by atomic mass is 9.97. The van der Waals surface area contributed by atoms with Gasteiger partial charge in [-0.15, -0.1) is 0 Å². The molecule has 38 heavy (non-hydrogen) atoms. The topological polar surface area (TPSA) is 127 Å². The minimum Gasteiger partial charge on any atom is -0.490 e. The Morgan fingerprint density at radius 3 is 2.66 bits per heavy atom. The minimum absolute atomic E-state index is 0.0621. The first-order valence-electron chi connectivity index (χ1n) is 12.2. The van der Waals surface area contributed by atoms with Gasteiger partial charge in [-0.05, 0) is 55.8 Å². The molecule has 2 aromatic carbocycles. The molecule has 194 valence electrons. The average Bonchev–Trinajstić information content (AvgIpc) is 3.57. The van der Waals surface area contributed by atoms with Gasteiger partial charge in [-0.1, -0.05) is 23.7 Å². The molecule has 10 nitrogen and oxygen atoms in total. The number of amides is 3. The number of nitrogens with one attached hydrogen (secondary N) is 2. The molecule has 0 aliphatic carbocycles. The summed E-state index contributed by atoms with van der Waals surface area (Å²) in [6.07, 6.45) is 1.45. The first-order chi connectivity index (χ1) is 18.4. The Labute approximate surface area is 224 Å². The smallest absolute Gasteiger partial charge is 0.326 e. The van der Waals surface area contributed by atoms with E-state index in [9.17, 15) is 14.9 Å². The predicted octanol–water partition coefficient (Wildman–Crippen LogP) is 3.82. The van der Waals surface area contributed by atoms with Crippen molar-refractivity contribution in [2.75, 3.05) is 19.6 Å². The van der Waals surface area contributed by atoms with Crippen molar-refractivity contribution in [2.45, 2.75) is 32.0 Å². The molecule has 2 unspecified atom stereocenters. The molecule has 0 bridgehead atoms. The van der Waals surface area contributed by atoms with E-state index in [2.05, 4.69) is 21.6 Å². The maximum absolute atomic E-state index is 14.2. The van der Waals surface area contributed by atoms with E-state index in [1.165, 1.54) is 4.90 Å². The van der Waals surface area contributed by atoms with Gasteiger partial charge in [-0.25, -0.2) is 4.79 Å². The quantitative estimate of drug-likeness (QED) is 0.517. The number of piperazine rings is 1. The number of nitrogens with zero attached hydrogens (tertiary/aromatic N) is 5. The molecule has 2 N–H and O–H groups in total. The number of amidine groups is 1. The lowest BCUT2D eigenvalue weighted by Crippen LogP contribution is -2.55. The summed E-state index contributed by atoms with van der Waals surface area (Å²) < 4.78 is 6.09. The zero-order valence-electron chi connectivity index (χ0n) is 20.9. The molecule has 0 radical (unpaired) electrons. The number of carbonyl (C=O) groups excluding carboxylic acids is 2. The number of aromatic amines is 1.